The molecule has 0 radical (unpaired) electrons. The van der Waals surface area contributed by atoms with Gasteiger partial charge in [0.15, 0.2) is 0 Å². The normalized spacial score (nSPS) is 19.0. The maximum absolute atomic E-state index is 5.23. The van der Waals surface area contributed by atoms with Crippen LogP contribution in [0.2, 0.25) is 0 Å². The van der Waals surface area contributed by atoms with Gasteiger partial charge in [0.1, 0.15) is 0 Å². The Morgan fingerprint density at radius 1 is 1.55 bits per heavy atom. The molecule has 0 amide bonds. The van der Waals surface area contributed by atoms with Gasteiger partial charge in [-0.3, -0.25) is 4.84 Å². The Labute approximate surface area is 68.6 Å². The van der Waals surface area contributed by atoms with Crippen LogP contribution in [0.25, 0.3) is 0 Å². The molecular formula is C9H17NO. The van der Waals surface area contributed by atoms with Crippen LogP contribution in [0.15, 0.2) is 12.2 Å². The molecule has 1 saturated carbocycles. The van der Waals surface area contributed by atoms with Crippen molar-refractivity contribution in [2.24, 2.45) is 0 Å². The molecule has 0 saturated heterocycles. The van der Waals surface area contributed by atoms with Crippen LogP contribution in [0.1, 0.15) is 32.6 Å². The van der Waals surface area contributed by atoms with E-state index in [9.17, 15) is 0 Å². The summed E-state index contributed by atoms with van der Waals surface area (Å²) in [6, 6.07) is 0.592. The van der Waals surface area contributed by atoms with Crippen LogP contribution in [0.4, 0.5) is 0 Å². The van der Waals surface area contributed by atoms with Gasteiger partial charge in [0.25, 0.3) is 0 Å². The molecule has 2 heteroatoms. The van der Waals surface area contributed by atoms with Crippen LogP contribution in [0, 0.1) is 0 Å². The molecule has 11 heavy (non-hydrogen) atoms. The van der Waals surface area contributed by atoms with Gasteiger partial charge in [-0.2, -0.15) is 5.48 Å². The lowest BCUT2D eigenvalue weighted by molar-refractivity contribution is 0.0326. The fraction of sp³-hybridized carbons (Fsp3) is 0.778. The summed E-state index contributed by atoms with van der Waals surface area (Å²) < 4.78 is 0. The molecule has 2 nitrogen and oxygen atoms in total. The molecule has 0 spiro atoms. The van der Waals surface area contributed by atoms with Gasteiger partial charge in [-0.15, -0.1) is 0 Å². The molecule has 0 aromatic carbocycles. The molecule has 64 valence electrons. The number of hydrogen-bond donors (Lipinski definition) is 1. The van der Waals surface area contributed by atoms with Crippen molar-refractivity contribution in [3.05, 3.63) is 12.2 Å². The zero-order chi connectivity index (χ0) is 8.10. The average molecular weight is 155 g/mol. The minimum atomic E-state index is 0.592. The van der Waals surface area contributed by atoms with Crippen molar-refractivity contribution in [1.29, 1.82) is 0 Å². The topological polar surface area (TPSA) is 21.3 Å². The first-order valence-electron chi connectivity index (χ1n) is 4.31. The summed E-state index contributed by atoms with van der Waals surface area (Å²) in [5.74, 6) is 0. The van der Waals surface area contributed by atoms with Gasteiger partial charge in [-0.25, -0.2) is 0 Å². The lowest BCUT2D eigenvalue weighted by atomic mass is 10.3. The second-order valence-electron chi connectivity index (χ2n) is 3.35. The zero-order valence-electron chi connectivity index (χ0n) is 7.23. The molecular weight excluding hydrogens is 138 g/mol. The van der Waals surface area contributed by atoms with Crippen molar-refractivity contribution in [2.45, 2.75) is 38.6 Å². The van der Waals surface area contributed by atoms with E-state index >= 15 is 0 Å². The molecule has 0 atom stereocenters. The largest absolute Gasteiger partial charge is 0.297 e. The summed E-state index contributed by atoms with van der Waals surface area (Å²) in [4.78, 5) is 5.23. The third-order valence-corrected chi connectivity index (χ3v) is 1.92. The van der Waals surface area contributed by atoms with E-state index in [1.807, 2.05) is 6.92 Å². The van der Waals surface area contributed by atoms with E-state index in [1.54, 1.807) is 0 Å². The molecule has 1 rings (SSSR count). The first-order chi connectivity index (χ1) is 5.29. The quantitative estimate of drug-likeness (QED) is 0.495. The molecule has 0 aromatic rings. The molecule has 0 bridgehead atoms. The van der Waals surface area contributed by atoms with Crippen molar-refractivity contribution >= 4 is 0 Å². The van der Waals surface area contributed by atoms with Crippen LogP contribution < -0.4 is 5.48 Å². The molecule has 1 aliphatic rings. The summed E-state index contributed by atoms with van der Waals surface area (Å²) in [5.41, 5.74) is 4.12. The van der Waals surface area contributed by atoms with Gasteiger partial charge in [-0.05, 0) is 19.8 Å². The van der Waals surface area contributed by atoms with Gasteiger partial charge >= 0.3 is 0 Å². The Balaban J connectivity index is 1.98. The van der Waals surface area contributed by atoms with Gasteiger partial charge in [0.05, 0.1) is 6.61 Å². The third-order valence-electron chi connectivity index (χ3n) is 1.92. The lowest BCUT2D eigenvalue weighted by Crippen LogP contribution is -2.26. The highest BCUT2D eigenvalue weighted by Gasteiger charge is 2.13. The monoisotopic (exact) mass is 155 g/mol. The van der Waals surface area contributed by atoms with Gasteiger partial charge in [0, 0.05) is 6.04 Å². The first-order valence-corrected chi connectivity index (χ1v) is 4.31. The second kappa shape index (κ2) is 4.52. The van der Waals surface area contributed by atoms with Crippen molar-refractivity contribution in [2.75, 3.05) is 6.61 Å². The highest BCUT2D eigenvalue weighted by Crippen LogP contribution is 2.17. The van der Waals surface area contributed by atoms with E-state index < -0.39 is 0 Å². The molecule has 0 heterocycles. The predicted molar refractivity (Wildman–Crippen MR) is 46.2 cm³/mol. The molecule has 1 aliphatic carbocycles. The van der Waals surface area contributed by atoms with Crippen LogP contribution in [0.3, 0.4) is 0 Å². The van der Waals surface area contributed by atoms with E-state index in [0.29, 0.717) is 12.6 Å². The summed E-state index contributed by atoms with van der Waals surface area (Å²) in [7, 11) is 0. The van der Waals surface area contributed by atoms with Gasteiger partial charge in [-0.1, -0.05) is 25.0 Å². The van der Waals surface area contributed by atoms with E-state index in [0.717, 1.165) is 5.57 Å². The number of rotatable bonds is 4. The van der Waals surface area contributed by atoms with Crippen LogP contribution in [-0.2, 0) is 4.84 Å². The lowest BCUT2D eigenvalue weighted by Gasteiger charge is -2.11. The highest BCUT2D eigenvalue weighted by molar-refractivity contribution is 4.87. The Bertz CT molecular complexity index is 128. The molecule has 0 aliphatic heterocycles. The Hall–Kier alpha value is -0.340. The Kier molecular flexibility index (Phi) is 3.60. The second-order valence-corrected chi connectivity index (χ2v) is 3.35. The summed E-state index contributed by atoms with van der Waals surface area (Å²) in [6.45, 7) is 6.36. The fourth-order valence-electron chi connectivity index (χ4n) is 1.33. The summed E-state index contributed by atoms with van der Waals surface area (Å²) >= 11 is 0. The SMILES string of the molecule is C=C(C)CONC1CCCC1. The van der Waals surface area contributed by atoms with Crippen LogP contribution in [0.5, 0.6) is 0 Å². The molecule has 1 N–H and O–H groups in total. The third kappa shape index (κ3) is 3.54. The van der Waals surface area contributed by atoms with Crippen molar-refractivity contribution in [3.8, 4) is 0 Å². The van der Waals surface area contributed by atoms with Gasteiger partial charge < -0.3 is 0 Å². The smallest absolute Gasteiger partial charge is 0.0887 e. The molecule has 0 aromatic heterocycles. The maximum Gasteiger partial charge on any atom is 0.0887 e. The zero-order valence-corrected chi connectivity index (χ0v) is 7.23. The summed E-state index contributed by atoms with van der Waals surface area (Å²) in [6.07, 6.45) is 5.20. The Morgan fingerprint density at radius 2 is 2.18 bits per heavy atom. The minimum absolute atomic E-state index is 0.592. The van der Waals surface area contributed by atoms with E-state index in [1.165, 1.54) is 25.7 Å². The molecule has 1 fully saturated rings. The van der Waals surface area contributed by atoms with Crippen LogP contribution in [-0.4, -0.2) is 12.6 Å². The highest BCUT2D eigenvalue weighted by atomic mass is 16.6. The van der Waals surface area contributed by atoms with E-state index in [-0.39, 0.29) is 0 Å². The first kappa shape index (κ1) is 8.75. The summed E-state index contributed by atoms with van der Waals surface area (Å²) in [5, 5.41) is 0. The van der Waals surface area contributed by atoms with E-state index in [2.05, 4.69) is 12.1 Å². The molecule has 0 unspecified atom stereocenters. The van der Waals surface area contributed by atoms with Crippen molar-refractivity contribution < 1.29 is 4.84 Å². The Morgan fingerprint density at radius 3 is 2.73 bits per heavy atom. The van der Waals surface area contributed by atoms with Crippen molar-refractivity contribution in [3.63, 3.8) is 0 Å². The number of nitrogens with one attached hydrogen (secondary N) is 1. The average Bonchev–Trinajstić information content (AvgIpc) is 2.39. The number of hydroxylamine groups is 1. The fourth-order valence-corrected chi connectivity index (χ4v) is 1.33. The van der Waals surface area contributed by atoms with E-state index in [4.69, 9.17) is 4.84 Å². The number of hydrogen-bond acceptors (Lipinski definition) is 2. The van der Waals surface area contributed by atoms with Crippen molar-refractivity contribution in [1.82, 2.24) is 5.48 Å². The predicted octanol–water partition coefficient (Wildman–Crippen LogP) is 2.03. The van der Waals surface area contributed by atoms with Gasteiger partial charge in [0.2, 0.25) is 0 Å². The minimum Gasteiger partial charge on any atom is -0.297 e. The maximum atomic E-state index is 5.23. The standard InChI is InChI=1S/C9H17NO/c1-8(2)7-11-10-9-5-3-4-6-9/h9-10H,1,3-7H2,2H3. The van der Waals surface area contributed by atoms with Crippen LogP contribution >= 0.6 is 0 Å².